The van der Waals surface area contributed by atoms with Crippen molar-refractivity contribution in [3.05, 3.63) is 36.0 Å². The molecule has 0 spiro atoms. The molecule has 3 nitrogen and oxygen atoms in total. The summed E-state index contributed by atoms with van der Waals surface area (Å²) in [6.45, 7) is 4.94. The molecule has 0 bridgehead atoms. The van der Waals surface area contributed by atoms with Gasteiger partial charge in [0.05, 0.1) is 6.20 Å². The molecular weight excluding hydrogens is 212 g/mol. The smallest absolute Gasteiger partial charge is 0.161 e. The zero-order chi connectivity index (χ0) is 12.3. The summed E-state index contributed by atoms with van der Waals surface area (Å²) in [7, 11) is 0. The maximum absolute atomic E-state index is 9.85. The molecule has 0 amide bonds. The summed E-state index contributed by atoms with van der Waals surface area (Å²) in [5, 5.41) is 14.0. The molecule has 1 aromatic carbocycles. The van der Waals surface area contributed by atoms with E-state index in [1.165, 1.54) is 11.8 Å². The van der Waals surface area contributed by atoms with Gasteiger partial charge in [0.25, 0.3) is 0 Å². The van der Waals surface area contributed by atoms with E-state index < -0.39 is 0 Å². The molecule has 3 heteroatoms. The topological polar surface area (TPSA) is 38.1 Å². The molecule has 17 heavy (non-hydrogen) atoms. The van der Waals surface area contributed by atoms with E-state index in [0.717, 1.165) is 30.6 Å². The SMILES string of the molecule is CCCc1cccc(-c2c(O)cnn2CC)c1. The van der Waals surface area contributed by atoms with Crippen LogP contribution in [0.5, 0.6) is 5.75 Å². The molecule has 0 aliphatic heterocycles. The van der Waals surface area contributed by atoms with Gasteiger partial charge in [0, 0.05) is 12.1 Å². The quantitative estimate of drug-likeness (QED) is 0.875. The summed E-state index contributed by atoms with van der Waals surface area (Å²) >= 11 is 0. The van der Waals surface area contributed by atoms with E-state index in [2.05, 4.69) is 24.2 Å². The number of hydrogen-bond donors (Lipinski definition) is 1. The Morgan fingerprint density at radius 3 is 2.82 bits per heavy atom. The van der Waals surface area contributed by atoms with Crippen molar-refractivity contribution in [3.8, 4) is 17.0 Å². The Bertz CT molecular complexity index is 503. The van der Waals surface area contributed by atoms with Crippen LogP contribution in [0.4, 0.5) is 0 Å². The Kier molecular flexibility index (Phi) is 3.47. The largest absolute Gasteiger partial charge is 0.504 e. The highest BCUT2D eigenvalue weighted by Gasteiger charge is 2.11. The van der Waals surface area contributed by atoms with Crippen molar-refractivity contribution < 1.29 is 5.11 Å². The highest BCUT2D eigenvalue weighted by atomic mass is 16.3. The lowest BCUT2D eigenvalue weighted by Crippen LogP contribution is -1.99. The standard InChI is InChI=1S/C14H18N2O/c1-3-6-11-7-5-8-12(9-11)14-13(17)10-15-16(14)4-2/h5,7-10,17H,3-4,6H2,1-2H3. The number of aromatic nitrogens is 2. The predicted octanol–water partition coefficient (Wildman–Crippen LogP) is 3.23. The first-order chi connectivity index (χ1) is 8.26. The van der Waals surface area contributed by atoms with Crippen molar-refractivity contribution >= 4 is 0 Å². The van der Waals surface area contributed by atoms with Crippen molar-refractivity contribution in [1.29, 1.82) is 0 Å². The molecular formula is C14H18N2O. The maximum Gasteiger partial charge on any atom is 0.161 e. The highest BCUT2D eigenvalue weighted by Crippen LogP contribution is 2.29. The van der Waals surface area contributed by atoms with E-state index in [0.29, 0.717) is 0 Å². The summed E-state index contributed by atoms with van der Waals surface area (Å²) in [4.78, 5) is 0. The predicted molar refractivity (Wildman–Crippen MR) is 69.0 cm³/mol. The number of hydrogen-bond acceptors (Lipinski definition) is 2. The third-order valence-corrected chi connectivity index (χ3v) is 2.86. The molecule has 1 aromatic heterocycles. The number of benzene rings is 1. The van der Waals surface area contributed by atoms with E-state index in [-0.39, 0.29) is 5.75 Å². The van der Waals surface area contributed by atoms with Gasteiger partial charge in [0.2, 0.25) is 0 Å². The van der Waals surface area contributed by atoms with Gasteiger partial charge in [0.1, 0.15) is 5.69 Å². The van der Waals surface area contributed by atoms with Gasteiger partial charge in [-0.05, 0) is 25.0 Å². The molecule has 0 aliphatic carbocycles. The first-order valence-corrected chi connectivity index (χ1v) is 6.10. The first kappa shape index (κ1) is 11.7. The minimum Gasteiger partial charge on any atom is -0.504 e. The van der Waals surface area contributed by atoms with Gasteiger partial charge in [-0.3, -0.25) is 4.68 Å². The lowest BCUT2D eigenvalue weighted by molar-refractivity contribution is 0.476. The van der Waals surface area contributed by atoms with E-state index >= 15 is 0 Å². The van der Waals surface area contributed by atoms with E-state index in [4.69, 9.17) is 0 Å². The lowest BCUT2D eigenvalue weighted by atomic mass is 10.0. The number of aryl methyl sites for hydroxylation is 2. The summed E-state index contributed by atoms with van der Waals surface area (Å²) in [6.07, 6.45) is 3.70. The molecule has 0 radical (unpaired) electrons. The Balaban J connectivity index is 2.44. The van der Waals surface area contributed by atoms with Crippen LogP contribution in [0.3, 0.4) is 0 Å². The molecule has 2 aromatic rings. The number of rotatable bonds is 4. The van der Waals surface area contributed by atoms with Crippen LogP contribution in [0.25, 0.3) is 11.3 Å². The fraction of sp³-hybridized carbons (Fsp3) is 0.357. The molecule has 1 heterocycles. The van der Waals surface area contributed by atoms with Crippen molar-refractivity contribution in [2.45, 2.75) is 33.2 Å². The van der Waals surface area contributed by atoms with Gasteiger partial charge in [-0.2, -0.15) is 5.10 Å². The molecule has 0 fully saturated rings. The van der Waals surface area contributed by atoms with Gasteiger partial charge in [-0.25, -0.2) is 0 Å². The van der Waals surface area contributed by atoms with Crippen LogP contribution in [-0.2, 0) is 13.0 Å². The molecule has 1 N–H and O–H groups in total. The third-order valence-electron chi connectivity index (χ3n) is 2.86. The molecule has 0 saturated heterocycles. The monoisotopic (exact) mass is 230 g/mol. The fourth-order valence-corrected chi connectivity index (χ4v) is 2.07. The lowest BCUT2D eigenvalue weighted by Gasteiger charge is -2.07. The van der Waals surface area contributed by atoms with E-state index in [1.54, 1.807) is 0 Å². The van der Waals surface area contributed by atoms with Crippen molar-refractivity contribution in [2.24, 2.45) is 0 Å². The van der Waals surface area contributed by atoms with Crippen LogP contribution in [0.1, 0.15) is 25.8 Å². The molecule has 0 aliphatic rings. The Hall–Kier alpha value is -1.77. The zero-order valence-corrected chi connectivity index (χ0v) is 10.3. The van der Waals surface area contributed by atoms with Crippen LogP contribution in [0.2, 0.25) is 0 Å². The summed E-state index contributed by atoms with van der Waals surface area (Å²) in [5.74, 6) is 0.250. The molecule has 90 valence electrons. The molecule has 2 rings (SSSR count). The normalized spacial score (nSPS) is 10.7. The minimum atomic E-state index is 0.250. The van der Waals surface area contributed by atoms with Crippen LogP contribution >= 0.6 is 0 Å². The van der Waals surface area contributed by atoms with Crippen molar-refractivity contribution in [3.63, 3.8) is 0 Å². The maximum atomic E-state index is 9.85. The average molecular weight is 230 g/mol. The average Bonchev–Trinajstić information content (AvgIpc) is 2.71. The summed E-state index contributed by atoms with van der Waals surface area (Å²) < 4.78 is 1.82. The summed E-state index contributed by atoms with van der Waals surface area (Å²) in [5.41, 5.74) is 3.14. The van der Waals surface area contributed by atoms with Gasteiger partial charge in [-0.15, -0.1) is 0 Å². The Morgan fingerprint density at radius 1 is 1.29 bits per heavy atom. The minimum absolute atomic E-state index is 0.250. The highest BCUT2D eigenvalue weighted by molar-refractivity contribution is 5.66. The zero-order valence-electron chi connectivity index (χ0n) is 10.3. The molecule has 0 atom stereocenters. The van der Waals surface area contributed by atoms with Gasteiger partial charge in [0.15, 0.2) is 5.75 Å². The summed E-state index contributed by atoms with van der Waals surface area (Å²) in [6, 6.07) is 8.30. The second kappa shape index (κ2) is 5.04. The Morgan fingerprint density at radius 2 is 2.12 bits per heavy atom. The molecule has 0 unspecified atom stereocenters. The first-order valence-electron chi connectivity index (χ1n) is 6.10. The van der Waals surface area contributed by atoms with Gasteiger partial charge in [-0.1, -0.05) is 31.5 Å². The second-order valence-electron chi connectivity index (χ2n) is 4.14. The van der Waals surface area contributed by atoms with Crippen LogP contribution < -0.4 is 0 Å². The van der Waals surface area contributed by atoms with Crippen LogP contribution in [-0.4, -0.2) is 14.9 Å². The van der Waals surface area contributed by atoms with Gasteiger partial charge >= 0.3 is 0 Å². The van der Waals surface area contributed by atoms with Crippen LogP contribution in [0.15, 0.2) is 30.5 Å². The van der Waals surface area contributed by atoms with Gasteiger partial charge < -0.3 is 5.11 Å². The fourth-order valence-electron chi connectivity index (χ4n) is 2.07. The third kappa shape index (κ3) is 2.33. The second-order valence-corrected chi connectivity index (χ2v) is 4.14. The van der Waals surface area contributed by atoms with Crippen molar-refractivity contribution in [1.82, 2.24) is 9.78 Å². The van der Waals surface area contributed by atoms with E-state index in [9.17, 15) is 5.11 Å². The molecule has 0 saturated carbocycles. The number of aromatic hydroxyl groups is 1. The Labute approximate surface area is 102 Å². The van der Waals surface area contributed by atoms with E-state index in [1.807, 2.05) is 23.7 Å². The van der Waals surface area contributed by atoms with Crippen LogP contribution in [0, 0.1) is 0 Å². The van der Waals surface area contributed by atoms with Crippen molar-refractivity contribution in [2.75, 3.05) is 0 Å². The number of nitrogens with zero attached hydrogens (tertiary/aromatic N) is 2.